The van der Waals surface area contributed by atoms with Crippen LogP contribution < -0.4 is 0 Å². The van der Waals surface area contributed by atoms with E-state index in [2.05, 4.69) is 34.6 Å². The molecule has 0 spiro atoms. The average Bonchev–Trinajstić information content (AvgIpc) is 4.04. The van der Waals surface area contributed by atoms with Gasteiger partial charge < -0.3 is 23.7 Å². The fraction of sp³-hybridized carbons (Fsp3) is 0.917. The predicted octanol–water partition coefficient (Wildman–Crippen LogP) is 9.65. The van der Waals surface area contributed by atoms with Gasteiger partial charge in [-0.05, 0) is 151 Å². The molecule has 57 heavy (non-hydrogen) atoms. The van der Waals surface area contributed by atoms with Crippen LogP contribution in [0.5, 0.6) is 0 Å². The second-order valence-corrected chi connectivity index (χ2v) is 21.2. The van der Waals surface area contributed by atoms with Crippen LogP contribution in [0.3, 0.4) is 0 Å². The number of ether oxygens (including phenoxy) is 5. The number of carbonyl (C=O) groups excluding carboxylic acids is 4. The molecule has 7 aliphatic carbocycles. The summed E-state index contributed by atoms with van der Waals surface area (Å²) in [7, 11) is 0. The molecular weight excluding hydrogens is 721 g/mol. The third-order valence-corrected chi connectivity index (χ3v) is 17.6. The Balaban J connectivity index is 0.000000131. The molecule has 8 bridgehead atoms. The minimum absolute atomic E-state index is 0.0364. The van der Waals surface area contributed by atoms with Gasteiger partial charge in [-0.25, -0.2) is 0 Å². The molecule has 3 heterocycles. The maximum Gasteiger partial charge on any atom is 0.312 e. The van der Waals surface area contributed by atoms with Crippen molar-refractivity contribution in [3.8, 4) is 0 Å². The number of fused-ring (bicyclic) bond motifs is 6. The summed E-state index contributed by atoms with van der Waals surface area (Å²) in [5.74, 6) is 6.30. The minimum atomic E-state index is -0.399. The van der Waals surface area contributed by atoms with E-state index in [1.54, 1.807) is 0 Å². The summed E-state index contributed by atoms with van der Waals surface area (Å²) in [4.78, 5) is 48.2. The highest BCUT2D eigenvalue weighted by molar-refractivity contribution is 5.78. The van der Waals surface area contributed by atoms with Gasteiger partial charge in [0, 0.05) is 5.92 Å². The van der Waals surface area contributed by atoms with Crippen molar-refractivity contribution in [1.82, 2.24) is 0 Å². The predicted molar refractivity (Wildman–Crippen MR) is 216 cm³/mol. The molecule has 7 saturated carbocycles. The summed E-state index contributed by atoms with van der Waals surface area (Å²) in [6, 6.07) is 0. The second-order valence-electron chi connectivity index (χ2n) is 21.2. The molecule has 3 saturated heterocycles. The van der Waals surface area contributed by atoms with Crippen LogP contribution in [0.1, 0.15) is 166 Å². The fourth-order valence-electron chi connectivity index (χ4n) is 13.5. The first-order valence-electron chi connectivity index (χ1n) is 23.5. The molecule has 0 aromatic heterocycles. The number of carbonyl (C=O) groups is 4. The average molecular weight is 797 g/mol. The fourth-order valence-corrected chi connectivity index (χ4v) is 13.5. The topological polar surface area (TPSA) is 114 Å². The molecule has 0 radical (unpaired) electrons. The lowest BCUT2D eigenvalue weighted by Gasteiger charge is -2.60. The Morgan fingerprint density at radius 2 is 1.40 bits per heavy atom. The third kappa shape index (κ3) is 7.51. The van der Waals surface area contributed by atoms with Crippen LogP contribution in [0, 0.1) is 76.4 Å². The number of hydrogen-bond donors (Lipinski definition) is 0. The molecule has 322 valence electrons. The molecule has 10 aliphatic rings. The van der Waals surface area contributed by atoms with Gasteiger partial charge in [-0.2, -0.15) is 0 Å². The molecule has 10 rings (SSSR count). The van der Waals surface area contributed by atoms with Gasteiger partial charge in [0.25, 0.3) is 0 Å². The van der Waals surface area contributed by atoms with E-state index in [-0.39, 0.29) is 76.6 Å². The Hall–Kier alpha value is -2.16. The zero-order chi connectivity index (χ0) is 41.2. The summed E-state index contributed by atoms with van der Waals surface area (Å²) >= 11 is 0. The van der Waals surface area contributed by atoms with E-state index in [1.165, 1.54) is 57.8 Å². The maximum atomic E-state index is 12.6. The molecule has 9 nitrogen and oxygen atoms in total. The first-order chi connectivity index (χ1) is 27.0. The molecule has 0 aromatic rings. The summed E-state index contributed by atoms with van der Waals surface area (Å²) in [6.45, 7) is 20.7. The summed E-state index contributed by atoms with van der Waals surface area (Å²) in [5.41, 5.74) is -0.607. The summed E-state index contributed by atoms with van der Waals surface area (Å²) < 4.78 is 28.8. The van der Waals surface area contributed by atoms with Crippen LogP contribution in [0.15, 0.2) is 0 Å². The van der Waals surface area contributed by atoms with E-state index in [1.807, 2.05) is 34.6 Å². The molecule has 12 atom stereocenters. The first-order valence-corrected chi connectivity index (χ1v) is 23.5. The van der Waals surface area contributed by atoms with Gasteiger partial charge in [0.2, 0.25) is 0 Å². The number of rotatable bonds is 11. The van der Waals surface area contributed by atoms with Gasteiger partial charge in [-0.15, -0.1) is 0 Å². The highest BCUT2D eigenvalue weighted by Crippen LogP contribution is 2.65. The Bertz CT molecular complexity index is 1470. The van der Waals surface area contributed by atoms with Crippen LogP contribution in [0.25, 0.3) is 0 Å². The van der Waals surface area contributed by atoms with Crippen molar-refractivity contribution in [2.24, 2.45) is 76.4 Å². The molecule has 3 aliphatic heterocycles. The number of hydrogen-bond acceptors (Lipinski definition) is 9. The van der Waals surface area contributed by atoms with Crippen LogP contribution in [-0.4, -0.2) is 59.5 Å². The van der Waals surface area contributed by atoms with Crippen molar-refractivity contribution >= 4 is 23.9 Å². The first kappa shape index (κ1) is 42.9. The minimum Gasteiger partial charge on any atom is -0.458 e. The van der Waals surface area contributed by atoms with Crippen LogP contribution in [0.4, 0.5) is 0 Å². The van der Waals surface area contributed by atoms with Crippen molar-refractivity contribution in [3.63, 3.8) is 0 Å². The lowest BCUT2D eigenvalue weighted by molar-refractivity contribution is -0.218. The molecule has 9 heteroatoms. The molecule has 0 amide bonds. The normalized spacial score (nSPS) is 43.4. The quantitative estimate of drug-likeness (QED) is 0.149. The van der Waals surface area contributed by atoms with Crippen LogP contribution in [0.2, 0.25) is 0 Å². The Morgan fingerprint density at radius 1 is 0.789 bits per heavy atom. The van der Waals surface area contributed by atoms with E-state index in [0.29, 0.717) is 30.1 Å². The Morgan fingerprint density at radius 3 is 1.98 bits per heavy atom. The van der Waals surface area contributed by atoms with Gasteiger partial charge in [-0.3, -0.25) is 19.2 Å². The van der Waals surface area contributed by atoms with Gasteiger partial charge >= 0.3 is 23.9 Å². The zero-order valence-electron chi connectivity index (χ0n) is 37.0. The van der Waals surface area contributed by atoms with E-state index in [0.717, 1.165) is 61.7 Å². The second kappa shape index (κ2) is 16.4. The lowest BCUT2D eigenvalue weighted by atomic mass is 9.49. The number of esters is 4. The third-order valence-electron chi connectivity index (χ3n) is 17.6. The monoisotopic (exact) mass is 797 g/mol. The van der Waals surface area contributed by atoms with Crippen LogP contribution >= 0.6 is 0 Å². The van der Waals surface area contributed by atoms with Crippen molar-refractivity contribution in [1.29, 1.82) is 0 Å². The van der Waals surface area contributed by atoms with E-state index in [9.17, 15) is 19.2 Å². The van der Waals surface area contributed by atoms with Crippen molar-refractivity contribution in [2.45, 2.75) is 201 Å². The van der Waals surface area contributed by atoms with Crippen LogP contribution in [-0.2, 0) is 42.9 Å². The lowest BCUT2D eigenvalue weighted by Crippen LogP contribution is -2.60. The largest absolute Gasteiger partial charge is 0.458 e. The Kier molecular flexibility index (Phi) is 12.3. The SMILES string of the molecule is CCC(C)(C)C(=O)OC1(CC)C2CC3CC(C2)CC1C3.CCC(C)C(=O)OC1(C(C)C)CC2CC1C1CCCC21.CCC(C)C(=O)OC1C2CC3C(=O)OC1C3O2. The van der Waals surface area contributed by atoms with Gasteiger partial charge in [0.15, 0.2) is 12.2 Å². The zero-order valence-corrected chi connectivity index (χ0v) is 37.0. The summed E-state index contributed by atoms with van der Waals surface area (Å²) in [5, 5.41) is 0. The van der Waals surface area contributed by atoms with Gasteiger partial charge in [-0.1, -0.05) is 61.8 Å². The summed E-state index contributed by atoms with van der Waals surface area (Å²) in [6.07, 6.45) is 16.3. The highest BCUT2D eigenvalue weighted by Gasteiger charge is 2.66. The van der Waals surface area contributed by atoms with E-state index < -0.39 is 6.10 Å². The molecular formula is C48H76O9. The maximum absolute atomic E-state index is 12.6. The van der Waals surface area contributed by atoms with Gasteiger partial charge in [0.05, 0.1) is 29.3 Å². The standard InChI is InChI=1S/2C18H30O2.C12H16O5/c1-5-12(4)17(19)20-18(11(2)3)10-13-9-16(18)15-8-6-7-14(13)15;1-5-17(3,4)16(19)20-18(6-2)14-8-12-7-13(10-14)11-15(18)9-12;1-3-5(2)11(13)16-9-7-4-6-8(15-7)10(9)17-12(6)14/h11-16H,5-10H2,1-4H3;12-15H,5-11H2,1-4H3;5-10H,3-4H2,1-2H3. The molecule has 10 fully saturated rings. The Labute approximate surface area is 343 Å². The van der Waals surface area contributed by atoms with E-state index >= 15 is 0 Å². The van der Waals surface area contributed by atoms with E-state index in [4.69, 9.17) is 23.7 Å². The van der Waals surface area contributed by atoms with Crippen molar-refractivity contribution in [2.75, 3.05) is 0 Å². The smallest absolute Gasteiger partial charge is 0.312 e. The van der Waals surface area contributed by atoms with Crippen molar-refractivity contribution < 1.29 is 42.9 Å². The molecule has 0 N–H and O–H groups in total. The van der Waals surface area contributed by atoms with Crippen molar-refractivity contribution in [3.05, 3.63) is 0 Å². The molecule has 12 unspecified atom stereocenters. The molecule has 0 aromatic carbocycles. The van der Waals surface area contributed by atoms with Gasteiger partial charge in [0.1, 0.15) is 17.3 Å². The highest BCUT2D eigenvalue weighted by atomic mass is 16.7.